The second kappa shape index (κ2) is 12.6. The Morgan fingerprint density at radius 1 is 0.902 bits per heavy atom. The third-order valence-electron chi connectivity index (χ3n) is 6.73. The fraction of sp³-hybridized carbons (Fsp3) is 0.152. The van der Waals surface area contributed by atoms with Gasteiger partial charge < -0.3 is 14.4 Å². The normalized spacial score (nSPS) is 13.3. The Hall–Kier alpha value is -4.75. The SMILES string of the molecule is C=CCOc1cc(Cl)ccc1C(c1ccccc1)N1CN(CC=C)C(=O)c2c(OCc3ccccc3)c(=O)ccn21. The molecule has 0 saturated heterocycles. The molecule has 1 aliphatic rings. The van der Waals surface area contributed by atoms with Crippen LogP contribution in [0, 0.1) is 0 Å². The van der Waals surface area contributed by atoms with Crippen LogP contribution in [0.5, 0.6) is 11.5 Å². The second-order valence-corrected chi connectivity index (χ2v) is 9.91. The van der Waals surface area contributed by atoms with Gasteiger partial charge in [-0.25, -0.2) is 0 Å². The molecule has 1 aromatic heterocycles. The Kier molecular flexibility index (Phi) is 8.56. The number of benzene rings is 3. The van der Waals surface area contributed by atoms with E-state index in [0.29, 0.717) is 10.8 Å². The molecule has 0 spiro atoms. The van der Waals surface area contributed by atoms with Crippen molar-refractivity contribution in [3.8, 4) is 11.5 Å². The fourth-order valence-electron chi connectivity index (χ4n) is 4.90. The van der Waals surface area contributed by atoms with Crippen molar-refractivity contribution in [2.24, 2.45) is 0 Å². The van der Waals surface area contributed by atoms with Crippen LogP contribution in [0.4, 0.5) is 0 Å². The number of hydrogen-bond donors (Lipinski definition) is 0. The lowest BCUT2D eigenvalue weighted by Crippen LogP contribution is -2.55. The van der Waals surface area contributed by atoms with Crippen molar-refractivity contribution in [2.45, 2.75) is 12.6 Å². The van der Waals surface area contributed by atoms with Gasteiger partial charge in [-0.1, -0.05) is 97.1 Å². The highest BCUT2D eigenvalue weighted by Gasteiger charge is 2.37. The zero-order chi connectivity index (χ0) is 28.8. The van der Waals surface area contributed by atoms with E-state index < -0.39 is 6.04 Å². The largest absolute Gasteiger partial charge is 0.489 e. The number of carbonyl (C=O) groups excluding carboxylic acids is 1. The van der Waals surface area contributed by atoms with Gasteiger partial charge in [-0.05, 0) is 23.3 Å². The minimum atomic E-state index is -0.433. The minimum absolute atomic E-state index is 0.00818. The highest BCUT2D eigenvalue weighted by atomic mass is 35.5. The molecule has 41 heavy (non-hydrogen) atoms. The van der Waals surface area contributed by atoms with Crippen LogP contribution in [0.1, 0.15) is 33.2 Å². The van der Waals surface area contributed by atoms with E-state index in [-0.39, 0.29) is 49.2 Å². The first-order valence-corrected chi connectivity index (χ1v) is 13.6. The van der Waals surface area contributed by atoms with Gasteiger partial charge in [0.2, 0.25) is 5.43 Å². The van der Waals surface area contributed by atoms with Crippen molar-refractivity contribution in [2.75, 3.05) is 24.8 Å². The number of halogens is 1. The summed E-state index contributed by atoms with van der Waals surface area (Å²) in [6, 6.07) is 25.9. The highest BCUT2D eigenvalue weighted by Crippen LogP contribution is 2.38. The number of nitrogens with zero attached hydrogens (tertiary/aromatic N) is 3. The molecule has 0 radical (unpaired) electrons. The standard InChI is InChI=1S/C33H30ClN3O4/c1-3-18-35-23-37(30(25-13-9-6-10-14-25)27-16-15-26(34)21-29(27)40-20-4-2)36-19-17-28(38)32(31(36)33(35)39)41-22-24-11-7-5-8-12-24/h3-17,19,21,30H,1-2,18,20,22-23H2. The Balaban J connectivity index is 1.69. The van der Waals surface area contributed by atoms with E-state index in [9.17, 15) is 9.59 Å². The number of amides is 1. The summed E-state index contributed by atoms with van der Waals surface area (Å²) in [4.78, 5) is 28.6. The van der Waals surface area contributed by atoms with Gasteiger partial charge >= 0.3 is 0 Å². The second-order valence-electron chi connectivity index (χ2n) is 9.47. The Bertz CT molecular complexity index is 1600. The topological polar surface area (TPSA) is 64.0 Å². The van der Waals surface area contributed by atoms with Crippen molar-refractivity contribution >= 4 is 17.5 Å². The summed E-state index contributed by atoms with van der Waals surface area (Å²) >= 11 is 6.38. The summed E-state index contributed by atoms with van der Waals surface area (Å²) in [7, 11) is 0. The first-order valence-electron chi connectivity index (χ1n) is 13.2. The van der Waals surface area contributed by atoms with E-state index in [1.807, 2.05) is 77.8 Å². The van der Waals surface area contributed by atoms with E-state index >= 15 is 0 Å². The molecule has 1 unspecified atom stereocenters. The van der Waals surface area contributed by atoms with Crippen molar-refractivity contribution in [3.05, 3.63) is 154 Å². The maximum atomic E-state index is 13.8. The average molecular weight is 568 g/mol. The third kappa shape index (κ3) is 5.90. The zero-order valence-corrected chi connectivity index (χ0v) is 23.2. The summed E-state index contributed by atoms with van der Waals surface area (Å²) in [5.74, 6) is 0.251. The van der Waals surface area contributed by atoms with Crippen molar-refractivity contribution < 1.29 is 14.3 Å². The van der Waals surface area contributed by atoms with E-state index in [0.717, 1.165) is 16.7 Å². The van der Waals surface area contributed by atoms with Gasteiger partial charge in [-0.3, -0.25) is 19.3 Å². The van der Waals surface area contributed by atoms with Crippen molar-refractivity contribution in [1.29, 1.82) is 0 Å². The van der Waals surface area contributed by atoms with Crippen LogP contribution in [-0.4, -0.2) is 35.3 Å². The predicted molar refractivity (Wildman–Crippen MR) is 161 cm³/mol. The maximum absolute atomic E-state index is 13.8. The predicted octanol–water partition coefficient (Wildman–Crippen LogP) is 5.97. The Labute approximate surface area is 244 Å². The van der Waals surface area contributed by atoms with Crippen molar-refractivity contribution in [3.63, 3.8) is 0 Å². The summed E-state index contributed by atoms with van der Waals surface area (Å²) < 4.78 is 13.8. The fourth-order valence-corrected chi connectivity index (χ4v) is 5.06. The van der Waals surface area contributed by atoms with Gasteiger partial charge in [-0.15, -0.1) is 6.58 Å². The Morgan fingerprint density at radius 2 is 1.63 bits per heavy atom. The smallest absolute Gasteiger partial charge is 0.278 e. The molecule has 3 aromatic carbocycles. The minimum Gasteiger partial charge on any atom is -0.489 e. The molecule has 0 saturated carbocycles. The highest BCUT2D eigenvalue weighted by molar-refractivity contribution is 6.30. The van der Waals surface area contributed by atoms with Crippen LogP contribution in [0.25, 0.3) is 0 Å². The number of ether oxygens (including phenoxy) is 2. The van der Waals surface area contributed by atoms with Gasteiger partial charge in [0.25, 0.3) is 5.91 Å². The first kappa shape index (κ1) is 27.8. The van der Waals surface area contributed by atoms with Crippen LogP contribution in [0.15, 0.2) is 121 Å². The van der Waals surface area contributed by atoms with E-state index in [2.05, 4.69) is 13.2 Å². The quantitative estimate of drug-likeness (QED) is 0.209. The summed E-state index contributed by atoms with van der Waals surface area (Å²) in [5.41, 5.74) is 2.42. The van der Waals surface area contributed by atoms with Gasteiger partial charge in [0, 0.05) is 29.4 Å². The number of hydrogen-bond acceptors (Lipinski definition) is 5. The van der Waals surface area contributed by atoms with Crippen LogP contribution in [0.2, 0.25) is 5.02 Å². The van der Waals surface area contributed by atoms with Gasteiger partial charge in [0.1, 0.15) is 31.7 Å². The zero-order valence-electron chi connectivity index (χ0n) is 22.5. The number of aromatic nitrogens is 1. The molecule has 1 aliphatic heterocycles. The van der Waals surface area contributed by atoms with Crippen LogP contribution in [-0.2, 0) is 6.61 Å². The lowest BCUT2D eigenvalue weighted by molar-refractivity contribution is 0.0698. The monoisotopic (exact) mass is 567 g/mol. The molecule has 208 valence electrons. The number of fused-ring (bicyclic) bond motifs is 1. The maximum Gasteiger partial charge on any atom is 0.278 e. The third-order valence-corrected chi connectivity index (χ3v) is 6.97. The van der Waals surface area contributed by atoms with E-state index in [4.69, 9.17) is 21.1 Å². The molecule has 1 amide bonds. The molecule has 0 aliphatic carbocycles. The summed E-state index contributed by atoms with van der Waals surface area (Å²) in [6.45, 7) is 8.54. The van der Waals surface area contributed by atoms with E-state index in [1.165, 1.54) is 6.07 Å². The molecule has 4 aromatic rings. The molecular formula is C33H30ClN3O4. The molecule has 5 rings (SSSR count). The molecule has 0 fully saturated rings. The van der Waals surface area contributed by atoms with Crippen molar-refractivity contribution in [1.82, 2.24) is 9.58 Å². The molecule has 7 nitrogen and oxygen atoms in total. The summed E-state index contributed by atoms with van der Waals surface area (Å²) in [5, 5.41) is 2.54. The van der Waals surface area contributed by atoms with Gasteiger partial charge in [0.05, 0.1) is 0 Å². The molecule has 1 atom stereocenters. The number of pyridine rings is 1. The Morgan fingerprint density at radius 3 is 2.34 bits per heavy atom. The summed E-state index contributed by atoms with van der Waals surface area (Å²) in [6.07, 6.45) is 4.95. The van der Waals surface area contributed by atoms with Gasteiger partial charge in [-0.2, -0.15) is 0 Å². The number of rotatable bonds is 11. The molecular weight excluding hydrogens is 538 g/mol. The van der Waals surface area contributed by atoms with Gasteiger partial charge in [0.15, 0.2) is 11.4 Å². The molecule has 0 bridgehead atoms. The lowest BCUT2D eigenvalue weighted by Gasteiger charge is -2.44. The molecule has 2 heterocycles. The lowest BCUT2D eigenvalue weighted by atomic mass is 9.97. The van der Waals surface area contributed by atoms with E-state index in [1.54, 1.807) is 34.0 Å². The van der Waals surface area contributed by atoms with Crippen LogP contribution in [0.3, 0.4) is 0 Å². The first-order chi connectivity index (χ1) is 20.0. The molecule has 0 N–H and O–H groups in total. The van der Waals surface area contributed by atoms with Crippen LogP contribution >= 0.6 is 11.6 Å². The number of carbonyl (C=O) groups is 1. The van der Waals surface area contributed by atoms with Crippen LogP contribution < -0.4 is 19.9 Å². The average Bonchev–Trinajstić information content (AvgIpc) is 2.99. The molecule has 8 heteroatoms.